The minimum absolute atomic E-state index is 0.106. The van der Waals surface area contributed by atoms with Gasteiger partial charge in [0.25, 0.3) is 0 Å². The second kappa shape index (κ2) is 64.7. The van der Waals surface area contributed by atoms with Crippen molar-refractivity contribution in [3.8, 4) is 0 Å². The number of unbranched alkanes of at least 4 members (excludes halogenated alkanes) is 38. The van der Waals surface area contributed by atoms with E-state index in [1.165, 1.54) is 173 Å². The van der Waals surface area contributed by atoms with Gasteiger partial charge in [0.1, 0.15) is 19.3 Å². The summed E-state index contributed by atoms with van der Waals surface area (Å²) in [4.78, 5) is 72.6. The van der Waals surface area contributed by atoms with Crippen molar-refractivity contribution in [2.75, 3.05) is 39.6 Å². The molecule has 0 aromatic rings. The molecule has 552 valence electrons. The molecule has 0 bridgehead atoms. The number of phosphoric acid groups is 2. The maximum atomic E-state index is 13.1. The Labute approximate surface area is 568 Å². The van der Waals surface area contributed by atoms with Crippen LogP contribution >= 0.6 is 15.6 Å². The molecule has 19 heteroatoms. The molecule has 0 aromatic carbocycles. The first-order chi connectivity index (χ1) is 44.8. The third-order valence-corrected chi connectivity index (χ3v) is 19.8. The molecule has 4 unspecified atom stereocenters. The molecule has 0 rings (SSSR count). The number of phosphoric ester groups is 2. The third-order valence-electron chi connectivity index (χ3n) is 17.9. The van der Waals surface area contributed by atoms with Crippen LogP contribution in [0.1, 0.15) is 376 Å². The first-order valence-electron chi connectivity index (χ1n) is 38.4. The van der Waals surface area contributed by atoms with E-state index in [4.69, 9.17) is 37.0 Å². The molecule has 0 amide bonds. The van der Waals surface area contributed by atoms with E-state index in [0.29, 0.717) is 25.7 Å². The molecule has 0 saturated heterocycles. The Morgan fingerprint density at radius 2 is 0.548 bits per heavy atom. The Kier molecular flexibility index (Phi) is 63.4. The lowest BCUT2D eigenvalue weighted by molar-refractivity contribution is -0.161. The molecule has 0 aliphatic carbocycles. The van der Waals surface area contributed by atoms with E-state index in [9.17, 15) is 43.2 Å². The highest BCUT2D eigenvalue weighted by Gasteiger charge is 2.30. The van der Waals surface area contributed by atoms with Crippen molar-refractivity contribution in [1.82, 2.24) is 0 Å². The van der Waals surface area contributed by atoms with E-state index in [-0.39, 0.29) is 25.7 Å². The molecule has 0 aliphatic heterocycles. The van der Waals surface area contributed by atoms with Crippen LogP contribution in [0.25, 0.3) is 0 Å². The van der Waals surface area contributed by atoms with Crippen LogP contribution < -0.4 is 0 Å². The smallest absolute Gasteiger partial charge is 0.462 e. The van der Waals surface area contributed by atoms with E-state index in [0.717, 1.165) is 120 Å². The molecule has 0 aliphatic rings. The minimum atomic E-state index is -4.96. The Morgan fingerprint density at radius 3 is 0.817 bits per heavy atom. The topological polar surface area (TPSA) is 237 Å². The maximum Gasteiger partial charge on any atom is 0.472 e. The zero-order valence-electron chi connectivity index (χ0n) is 60.7. The van der Waals surface area contributed by atoms with Crippen LogP contribution in [0.5, 0.6) is 0 Å². The van der Waals surface area contributed by atoms with E-state index in [1.54, 1.807) is 0 Å². The fourth-order valence-electron chi connectivity index (χ4n) is 11.2. The van der Waals surface area contributed by atoms with E-state index in [1.807, 2.05) is 0 Å². The normalized spacial score (nSPS) is 14.7. The van der Waals surface area contributed by atoms with Crippen LogP contribution in [0.2, 0.25) is 0 Å². The molecule has 7 atom stereocenters. The molecule has 17 nitrogen and oxygen atoms in total. The number of hydrogen-bond donors (Lipinski definition) is 3. The monoisotopic (exact) mass is 1370 g/mol. The number of ether oxygens (including phenoxy) is 4. The summed E-state index contributed by atoms with van der Waals surface area (Å²) in [5.41, 5.74) is 0. The maximum absolute atomic E-state index is 13.1. The second-order valence-electron chi connectivity index (χ2n) is 27.6. The summed E-state index contributed by atoms with van der Waals surface area (Å²) in [6.07, 6.45) is 49.9. The van der Waals surface area contributed by atoms with Crippen molar-refractivity contribution in [3.05, 3.63) is 0 Å². The summed E-state index contributed by atoms with van der Waals surface area (Å²) in [6.45, 7) is 11.9. The van der Waals surface area contributed by atoms with Crippen LogP contribution in [0.4, 0.5) is 0 Å². The van der Waals surface area contributed by atoms with Gasteiger partial charge >= 0.3 is 39.5 Å². The summed E-state index contributed by atoms with van der Waals surface area (Å²) < 4.78 is 68.4. The van der Waals surface area contributed by atoms with Crippen molar-refractivity contribution in [3.63, 3.8) is 0 Å². The summed E-state index contributed by atoms with van der Waals surface area (Å²) in [5.74, 6) is 0.291. The van der Waals surface area contributed by atoms with Crippen molar-refractivity contribution in [2.24, 2.45) is 17.8 Å². The Balaban J connectivity index is 5.21. The number of esters is 4. The van der Waals surface area contributed by atoms with Crippen LogP contribution in [-0.2, 0) is 65.4 Å². The van der Waals surface area contributed by atoms with Gasteiger partial charge < -0.3 is 33.8 Å². The van der Waals surface area contributed by atoms with Gasteiger partial charge in [-0.05, 0) is 43.4 Å². The largest absolute Gasteiger partial charge is 0.472 e. The van der Waals surface area contributed by atoms with Gasteiger partial charge in [-0.1, -0.05) is 325 Å². The number of aliphatic hydroxyl groups is 1. The van der Waals surface area contributed by atoms with Crippen molar-refractivity contribution in [1.29, 1.82) is 0 Å². The lowest BCUT2D eigenvalue weighted by atomic mass is 9.99. The number of carbonyl (C=O) groups excluding carboxylic acids is 4. The fourth-order valence-corrected chi connectivity index (χ4v) is 12.8. The number of rotatable bonds is 72. The minimum Gasteiger partial charge on any atom is -0.462 e. The highest BCUT2D eigenvalue weighted by Crippen LogP contribution is 2.45. The first kappa shape index (κ1) is 91.1. The van der Waals surface area contributed by atoms with Crippen LogP contribution in [-0.4, -0.2) is 96.7 Å². The first-order valence-corrected chi connectivity index (χ1v) is 41.4. The van der Waals surface area contributed by atoms with Crippen molar-refractivity contribution >= 4 is 39.5 Å². The van der Waals surface area contributed by atoms with Gasteiger partial charge in [-0.2, -0.15) is 0 Å². The Bertz CT molecular complexity index is 1820. The third kappa shape index (κ3) is 65.8. The SMILES string of the molecule is CCCCCCCCCC(=O)OC[C@H](COP(=O)(O)OC[C@H](O)COP(=O)(O)OC[C@@H](COC(=O)CCCCCCCCCCCCC(C)CC)OC(=O)CCCCCCCCCCCCCCCCCC(C)C)OC(=O)CCCCCCCCCCCCC(C)CC. The summed E-state index contributed by atoms with van der Waals surface area (Å²) in [6, 6.07) is 0. The Morgan fingerprint density at radius 1 is 0.312 bits per heavy atom. The van der Waals surface area contributed by atoms with Crippen LogP contribution in [0.3, 0.4) is 0 Å². The summed E-state index contributed by atoms with van der Waals surface area (Å²) in [5, 5.41) is 10.6. The predicted octanol–water partition coefficient (Wildman–Crippen LogP) is 21.4. The second-order valence-corrected chi connectivity index (χ2v) is 30.6. The average molecular weight is 1370 g/mol. The highest BCUT2D eigenvalue weighted by atomic mass is 31.2. The van der Waals surface area contributed by atoms with Gasteiger partial charge in [0.15, 0.2) is 12.2 Å². The molecule has 3 N–H and O–H groups in total. The van der Waals surface area contributed by atoms with Gasteiger partial charge in [-0.15, -0.1) is 0 Å². The molecular formula is C74H144O17P2. The highest BCUT2D eigenvalue weighted by molar-refractivity contribution is 7.47. The molecule has 0 saturated carbocycles. The molecular weight excluding hydrogens is 1220 g/mol. The number of carbonyl (C=O) groups is 4. The van der Waals surface area contributed by atoms with Crippen LogP contribution in [0.15, 0.2) is 0 Å². The van der Waals surface area contributed by atoms with E-state index in [2.05, 4.69) is 48.5 Å². The quantitative estimate of drug-likeness (QED) is 0.0222. The zero-order valence-corrected chi connectivity index (χ0v) is 62.5. The van der Waals surface area contributed by atoms with Crippen LogP contribution in [0, 0.1) is 17.8 Å². The molecule has 93 heavy (non-hydrogen) atoms. The number of aliphatic hydroxyl groups excluding tert-OH is 1. The predicted molar refractivity (Wildman–Crippen MR) is 377 cm³/mol. The average Bonchev–Trinajstić information content (AvgIpc) is 3.33. The molecule has 0 heterocycles. The van der Waals surface area contributed by atoms with Gasteiger partial charge in [-0.25, -0.2) is 9.13 Å². The van der Waals surface area contributed by atoms with Gasteiger partial charge in [0.05, 0.1) is 26.4 Å². The fraction of sp³-hybridized carbons (Fsp3) is 0.946. The molecule has 0 spiro atoms. The van der Waals surface area contributed by atoms with Gasteiger partial charge in [0.2, 0.25) is 0 Å². The molecule has 0 radical (unpaired) electrons. The standard InChI is InChI=1S/C74H144O17P2/c1-8-11-12-13-31-41-48-55-71(76)84-61-69(90-74(79)58-51-44-37-30-24-22-27-34-40-47-54-67(7)10-3)63-88-92(80,81)86-59-68(75)60-87-93(82,83)89-64-70(62-85-72(77)56-49-42-35-28-23-21-26-33-39-46-53-66(6)9-2)91-73(78)57-50-43-36-29-20-18-16-14-15-17-19-25-32-38-45-52-65(4)5/h65-70,75H,8-64H2,1-7H3,(H,80,81)(H,82,83)/t66?,67?,68-,69+,70+/m0/s1. The summed E-state index contributed by atoms with van der Waals surface area (Å²) >= 11 is 0. The molecule has 0 fully saturated rings. The van der Waals surface area contributed by atoms with E-state index >= 15 is 0 Å². The Hall–Kier alpha value is -1.94. The van der Waals surface area contributed by atoms with Crippen molar-refractivity contribution in [2.45, 2.75) is 394 Å². The zero-order chi connectivity index (χ0) is 68.7. The lowest BCUT2D eigenvalue weighted by Gasteiger charge is -2.21. The van der Waals surface area contributed by atoms with Gasteiger partial charge in [-0.3, -0.25) is 37.3 Å². The number of hydrogen-bond acceptors (Lipinski definition) is 15. The van der Waals surface area contributed by atoms with Gasteiger partial charge in [0, 0.05) is 25.7 Å². The summed E-state index contributed by atoms with van der Waals surface area (Å²) in [7, 11) is -9.90. The molecule has 0 aromatic heterocycles. The lowest BCUT2D eigenvalue weighted by Crippen LogP contribution is -2.30. The van der Waals surface area contributed by atoms with E-state index < -0.39 is 97.5 Å². The van der Waals surface area contributed by atoms with Crippen molar-refractivity contribution < 1.29 is 80.2 Å².